The number of rotatable bonds is 5. The molecule has 2 atom stereocenters. The van der Waals surface area contributed by atoms with Gasteiger partial charge in [-0.3, -0.25) is 4.79 Å². The number of benzene rings is 2. The predicted octanol–water partition coefficient (Wildman–Crippen LogP) is 3.22. The first-order valence-corrected chi connectivity index (χ1v) is 9.09. The molecule has 2 aromatic rings. The van der Waals surface area contributed by atoms with Gasteiger partial charge >= 0.3 is 0 Å². The van der Waals surface area contributed by atoms with Gasteiger partial charge in [-0.1, -0.05) is 24.8 Å². The summed E-state index contributed by atoms with van der Waals surface area (Å²) in [6.07, 6.45) is 0. The number of para-hydroxylation sites is 1. The molecule has 4 N–H and O–H groups in total. The molecule has 0 bridgehead atoms. The number of aromatic hydroxyl groups is 1. The van der Waals surface area contributed by atoms with Crippen molar-refractivity contribution < 1.29 is 19.0 Å². The minimum Gasteiger partial charge on any atom is -0.504 e. The van der Waals surface area contributed by atoms with E-state index < -0.39 is 23.7 Å². The van der Waals surface area contributed by atoms with Gasteiger partial charge in [0.15, 0.2) is 16.6 Å². The fourth-order valence-corrected chi connectivity index (χ4v) is 3.30. The molecule has 3 rings (SSSR count). The Morgan fingerprint density at radius 3 is 2.82 bits per heavy atom. The molecule has 2 aromatic carbocycles. The second kappa shape index (κ2) is 8.26. The number of halogens is 1. The molecule has 0 spiro atoms. The van der Waals surface area contributed by atoms with E-state index in [-0.39, 0.29) is 11.4 Å². The van der Waals surface area contributed by atoms with Crippen LogP contribution in [0.5, 0.6) is 11.5 Å². The van der Waals surface area contributed by atoms with Crippen molar-refractivity contribution in [2.45, 2.75) is 13.0 Å². The van der Waals surface area contributed by atoms with Crippen LogP contribution in [0.2, 0.25) is 0 Å². The molecule has 0 aromatic heterocycles. The number of hydrogen-bond donors (Lipinski definition) is 4. The molecule has 1 aliphatic heterocycles. The van der Waals surface area contributed by atoms with E-state index in [4.69, 9.17) is 17.0 Å². The molecule has 28 heavy (non-hydrogen) atoms. The van der Waals surface area contributed by atoms with Crippen molar-refractivity contribution in [2.24, 2.45) is 5.92 Å². The standard InChI is InChI=1S/C20H20FN3O3S/c1-3-27-16-10-12(8-9-15(16)25)18-17(11(2)22-20(28)24-18)19(26)23-14-7-5-4-6-13(14)21/h4-10,17-18,25H,2-3H2,1H3,(H,23,26)(H2,22,24,28)/t17-,18+/m0/s1. The highest BCUT2D eigenvalue weighted by Crippen LogP contribution is 2.35. The molecule has 1 heterocycles. The number of nitrogens with one attached hydrogen (secondary N) is 3. The molecular formula is C20H20FN3O3S. The second-order valence-corrected chi connectivity index (χ2v) is 6.62. The maximum Gasteiger partial charge on any atom is 0.235 e. The molecular weight excluding hydrogens is 381 g/mol. The number of thiocarbonyl (C=S) groups is 1. The first-order valence-electron chi connectivity index (χ1n) is 8.68. The van der Waals surface area contributed by atoms with Gasteiger partial charge in [0.25, 0.3) is 0 Å². The molecule has 0 aliphatic carbocycles. The second-order valence-electron chi connectivity index (χ2n) is 6.21. The van der Waals surface area contributed by atoms with E-state index in [9.17, 15) is 14.3 Å². The Morgan fingerprint density at radius 2 is 2.11 bits per heavy atom. The Bertz CT molecular complexity index is 935. The number of hydrogen-bond acceptors (Lipinski definition) is 4. The summed E-state index contributed by atoms with van der Waals surface area (Å²) in [5, 5.41) is 18.8. The Hall–Kier alpha value is -3.13. The third-order valence-corrected chi connectivity index (χ3v) is 4.55. The average molecular weight is 401 g/mol. The van der Waals surface area contributed by atoms with Crippen LogP contribution in [0, 0.1) is 11.7 Å². The van der Waals surface area contributed by atoms with Gasteiger partial charge in [-0.2, -0.15) is 0 Å². The Morgan fingerprint density at radius 1 is 1.36 bits per heavy atom. The number of ether oxygens (including phenoxy) is 1. The molecule has 0 unspecified atom stereocenters. The van der Waals surface area contributed by atoms with Crippen molar-refractivity contribution in [2.75, 3.05) is 11.9 Å². The van der Waals surface area contributed by atoms with E-state index in [0.717, 1.165) is 0 Å². The summed E-state index contributed by atoms with van der Waals surface area (Å²) in [7, 11) is 0. The van der Waals surface area contributed by atoms with E-state index in [1.54, 1.807) is 31.2 Å². The smallest absolute Gasteiger partial charge is 0.235 e. The normalized spacial score (nSPS) is 18.8. The zero-order chi connectivity index (χ0) is 20.3. The van der Waals surface area contributed by atoms with Crippen LogP contribution < -0.4 is 20.7 Å². The monoisotopic (exact) mass is 401 g/mol. The molecule has 146 valence electrons. The van der Waals surface area contributed by atoms with Gasteiger partial charge in [-0.15, -0.1) is 0 Å². The number of anilines is 1. The van der Waals surface area contributed by atoms with Crippen molar-refractivity contribution in [1.82, 2.24) is 10.6 Å². The van der Waals surface area contributed by atoms with Gasteiger partial charge < -0.3 is 25.8 Å². The van der Waals surface area contributed by atoms with Crippen molar-refractivity contribution in [3.05, 3.63) is 66.1 Å². The van der Waals surface area contributed by atoms with Gasteiger partial charge in [-0.25, -0.2) is 4.39 Å². The van der Waals surface area contributed by atoms with Crippen molar-refractivity contribution >= 4 is 28.9 Å². The number of carbonyl (C=O) groups is 1. The van der Waals surface area contributed by atoms with E-state index in [0.29, 0.717) is 28.7 Å². The lowest BCUT2D eigenvalue weighted by Gasteiger charge is -2.35. The summed E-state index contributed by atoms with van der Waals surface area (Å²) in [4.78, 5) is 13.0. The predicted molar refractivity (Wildman–Crippen MR) is 109 cm³/mol. The van der Waals surface area contributed by atoms with E-state index >= 15 is 0 Å². The molecule has 1 saturated heterocycles. The van der Waals surface area contributed by atoms with Crippen LogP contribution in [0.15, 0.2) is 54.7 Å². The van der Waals surface area contributed by atoms with Crippen LogP contribution in [-0.2, 0) is 4.79 Å². The summed E-state index contributed by atoms with van der Waals surface area (Å²) >= 11 is 5.20. The number of amides is 1. The van der Waals surface area contributed by atoms with Crippen molar-refractivity contribution in [1.29, 1.82) is 0 Å². The summed E-state index contributed by atoms with van der Waals surface area (Å²) < 4.78 is 19.4. The highest BCUT2D eigenvalue weighted by molar-refractivity contribution is 7.80. The SMILES string of the molecule is C=C1NC(=S)N[C@H](c2ccc(O)c(OCC)c2)[C@H]1C(=O)Nc1ccccc1F. The lowest BCUT2D eigenvalue weighted by molar-refractivity contribution is -0.119. The lowest BCUT2D eigenvalue weighted by Crippen LogP contribution is -2.51. The Kier molecular flexibility index (Phi) is 5.79. The van der Waals surface area contributed by atoms with Crippen LogP contribution in [0.1, 0.15) is 18.5 Å². The van der Waals surface area contributed by atoms with Crippen LogP contribution in [0.25, 0.3) is 0 Å². The summed E-state index contributed by atoms with van der Waals surface area (Å²) in [6, 6.07) is 10.1. The quantitative estimate of drug-likeness (QED) is 0.576. The fourth-order valence-electron chi connectivity index (χ4n) is 3.04. The summed E-state index contributed by atoms with van der Waals surface area (Å²) in [6.45, 7) is 6.09. The number of carbonyl (C=O) groups excluding carboxylic acids is 1. The maximum absolute atomic E-state index is 13.9. The zero-order valence-electron chi connectivity index (χ0n) is 15.2. The highest BCUT2D eigenvalue weighted by Gasteiger charge is 2.37. The highest BCUT2D eigenvalue weighted by atomic mass is 32.1. The van der Waals surface area contributed by atoms with Crippen molar-refractivity contribution in [3.8, 4) is 11.5 Å². The third-order valence-electron chi connectivity index (χ3n) is 4.33. The van der Waals surface area contributed by atoms with Crippen LogP contribution in [0.3, 0.4) is 0 Å². The average Bonchev–Trinajstić information content (AvgIpc) is 2.65. The van der Waals surface area contributed by atoms with E-state index in [1.807, 2.05) is 0 Å². The molecule has 1 fully saturated rings. The molecule has 0 saturated carbocycles. The lowest BCUT2D eigenvalue weighted by atomic mass is 9.88. The van der Waals surface area contributed by atoms with Crippen LogP contribution >= 0.6 is 12.2 Å². The van der Waals surface area contributed by atoms with Gasteiger partial charge in [0, 0.05) is 5.70 Å². The fraction of sp³-hybridized carbons (Fsp3) is 0.200. The van der Waals surface area contributed by atoms with Crippen LogP contribution in [-0.4, -0.2) is 22.7 Å². The molecule has 6 nitrogen and oxygen atoms in total. The van der Waals surface area contributed by atoms with Gasteiger partial charge in [0.05, 0.1) is 18.3 Å². The number of phenolic OH excluding ortho intramolecular Hbond substituents is 1. The Labute approximate surface area is 167 Å². The molecule has 0 radical (unpaired) electrons. The van der Waals surface area contributed by atoms with Crippen LogP contribution in [0.4, 0.5) is 10.1 Å². The first kappa shape index (κ1) is 19.6. The summed E-state index contributed by atoms with van der Waals surface area (Å²) in [5.41, 5.74) is 1.13. The van der Waals surface area contributed by atoms with E-state index in [1.165, 1.54) is 18.2 Å². The first-order chi connectivity index (χ1) is 13.4. The van der Waals surface area contributed by atoms with E-state index in [2.05, 4.69) is 22.5 Å². The topological polar surface area (TPSA) is 82.6 Å². The molecule has 1 aliphatic rings. The Balaban J connectivity index is 1.94. The molecule has 8 heteroatoms. The van der Waals surface area contributed by atoms with Gasteiger partial charge in [0.2, 0.25) is 5.91 Å². The largest absolute Gasteiger partial charge is 0.504 e. The minimum atomic E-state index is -0.787. The molecule has 1 amide bonds. The van der Waals surface area contributed by atoms with Crippen molar-refractivity contribution in [3.63, 3.8) is 0 Å². The summed E-state index contributed by atoms with van der Waals surface area (Å²) in [5.74, 6) is -1.48. The maximum atomic E-state index is 13.9. The van der Waals surface area contributed by atoms with Gasteiger partial charge in [0.1, 0.15) is 11.7 Å². The third kappa shape index (κ3) is 4.07. The van der Waals surface area contributed by atoms with Gasteiger partial charge in [-0.05, 0) is 49.0 Å². The number of phenols is 1. The zero-order valence-corrected chi connectivity index (χ0v) is 16.0. The minimum absolute atomic E-state index is 0.00621.